The van der Waals surface area contributed by atoms with E-state index in [1.807, 2.05) is 5.32 Å². The smallest absolute Gasteiger partial charge is 0.375 e. The Labute approximate surface area is 123 Å². The van der Waals surface area contributed by atoms with Crippen molar-refractivity contribution in [2.24, 2.45) is 0 Å². The van der Waals surface area contributed by atoms with E-state index < -0.39 is 24.2 Å². The number of aromatic nitrogens is 1. The van der Waals surface area contributed by atoms with Gasteiger partial charge in [-0.1, -0.05) is 35.5 Å². The molecule has 2 N–H and O–H groups in total. The third-order valence-corrected chi connectivity index (χ3v) is 3.09. The number of hydrogen-bond donors (Lipinski definition) is 2. The molecule has 22 heavy (non-hydrogen) atoms. The molecule has 1 amide bonds. The van der Waals surface area contributed by atoms with Gasteiger partial charge in [0.25, 0.3) is 5.91 Å². The third kappa shape index (κ3) is 3.11. The van der Waals surface area contributed by atoms with Gasteiger partial charge < -0.3 is 14.9 Å². The van der Waals surface area contributed by atoms with E-state index in [-0.39, 0.29) is 11.3 Å². The molecule has 0 saturated heterocycles. The van der Waals surface area contributed by atoms with Crippen LogP contribution in [0.5, 0.6) is 0 Å². The Kier molecular flexibility index (Phi) is 4.23. The summed E-state index contributed by atoms with van der Waals surface area (Å²) in [6, 6.07) is 7.82. The number of aryl methyl sites for hydroxylation is 1. The molecule has 1 aromatic heterocycles. The van der Waals surface area contributed by atoms with Crippen molar-refractivity contribution in [3.63, 3.8) is 0 Å². The van der Waals surface area contributed by atoms with Crippen LogP contribution < -0.4 is 5.32 Å². The molecule has 0 spiro atoms. The zero-order valence-corrected chi connectivity index (χ0v) is 11.5. The van der Waals surface area contributed by atoms with E-state index in [9.17, 15) is 23.1 Å². The normalized spacial score (nSPS) is 14.4. The van der Waals surface area contributed by atoms with E-state index >= 15 is 0 Å². The second-order valence-corrected chi connectivity index (χ2v) is 4.73. The molecule has 0 saturated carbocycles. The molecule has 1 aromatic carbocycles. The quantitative estimate of drug-likeness (QED) is 0.907. The lowest BCUT2D eigenvalue weighted by atomic mass is 9.93. The first kappa shape index (κ1) is 16.0. The van der Waals surface area contributed by atoms with Gasteiger partial charge in [0.1, 0.15) is 5.76 Å². The summed E-state index contributed by atoms with van der Waals surface area (Å²) in [4.78, 5) is 11.8. The molecular weight excluding hydrogens is 301 g/mol. The minimum atomic E-state index is -4.96. The molecule has 2 aromatic rings. The number of carbonyl (C=O) groups is 1. The summed E-state index contributed by atoms with van der Waals surface area (Å²) in [6.07, 6.45) is -4.96. The lowest BCUT2D eigenvalue weighted by Gasteiger charge is -2.31. The topological polar surface area (TPSA) is 75.4 Å². The van der Waals surface area contributed by atoms with Crippen LogP contribution in [0.15, 0.2) is 40.9 Å². The molecule has 8 heteroatoms. The fourth-order valence-corrected chi connectivity index (χ4v) is 1.85. The van der Waals surface area contributed by atoms with Gasteiger partial charge in [0, 0.05) is 6.07 Å². The predicted molar refractivity (Wildman–Crippen MR) is 70.0 cm³/mol. The molecular formula is C14H13F3N2O3. The SMILES string of the molecule is Cc1cc(C(=O)NC[C@](O)(c2ccccc2)C(F)(F)F)no1. The van der Waals surface area contributed by atoms with E-state index in [0.717, 1.165) is 12.1 Å². The van der Waals surface area contributed by atoms with Gasteiger partial charge in [-0.15, -0.1) is 0 Å². The molecule has 0 bridgehead atoms. The van der Waals surface area contributed by atoms with E-state index in [1.165, 1.54) is 24.3 Å². The Morgan fingerprint density at radius 1 is 1.32 bits per heavy atom. The van der Waals surface area contributed by atoms with Crippen LogP contribution in [0.3, 0.4) is 0 Å². The first-order valence-corrected chi connectivity index (χ1v) is 6.30. The molecule has 0 radical (unpaired) electrons. The standard InChI is InChI=1S/C14H13F3N2O3/c1-9-7-11(19-22-9)12(20)18-8-13(21,14(15,16)17)10-5-3-2-4-6-10/h2-7,21H,8H2,1H3,(H,18,20)/t13-/m0/s1. The number of halogens is 3. The minimum Gasteiger partial charge on any atom is -0.375 e. The van der Waals surface area contributed by atoms with Gasteiger partial charge in [-0.2, -0.15) is 13.2 Å². The maximum absolute atomic E-state index is 13.2. The van der Waals surface area contributed by atoms with E-state index in [2.05, 4.69) is 9.68 Å². The van der Waals surface area contributed by atoms with Crippen molar-refractivity contribution in [2.45, 2.75) is 18.7 Å². The van der Waals surface area contributed by atoms with Gasteiger partial charge in [0.15, 0.2) is 5.69 Å². The summed E-state index contributed by atoms with van der Waals surface area (Å²) in [5.74, 6) is -0.519. The Morgan fingerprint density at radius 3 is 2.45 bits per heavy atom. The van der Waals surface area contributed by atoms with E-state index in [0.29, 0.717) is 5.76 Å². The van der Waals surface area contributed by atoms with Gasteiger partial charge in [0.2, 0.25) is 5.60 Å². The number of rotatable bonds is 4. The predicted octanol–water partition coefficient (Wildman–Crippen LogP) is 2.16. The number of aliphatic hydroxyl groups is 1. The average Bonchev–Trinajstić information content (AvgIpc) is 2.91. The molecule has 0 unspecified atom stereocenters. The fourth-order valence-electron chi connectivity index (χ4n) is 1.85. The number of hydrogen-bond acceptors (Lipinski definition) is 4. The summed E-state index contributed by atoms with van der Waals surface area (Å²) >= 11 is 0. The largest absolute Gasteiger partial charge is 0.423 e. The second-order valence-electron chi connectivity index (χ2n) is 4.73. The number of benzene rings is 1. The van der Waals surface area contributed by atoms with Crippen molar-refractivity contribution in [2.75, 3.05) is 6.54 Å². The highest BCUT2D eigenvalue weighted by molar-refractivity contribution is 5.92. The van der Waals surface area contributed by atoms with Crippen LogP contribution in [0.25, 0.3) is 0 Å². The number of nitrogens with one attached hydrogen (secondary N) is 1. The van der Waals surface area contributed by atoms with Crippen LogP contribution in [0.4, 0.5) is 13.2 Å². The first-order valence-electron chi connectivity index (χ1n) is 6.30. The molecule has 0 aliphatic carbocycles. The molecule has 0 aliphatic heterocycles. The Balaban J connectivity index is 2.20. The van der Waals surface area contributed by atoms with Crippen LogP contribution >= 0.6 is 0 Å². The minimum absolute atomic E-state index is 0.157. The highest BCUT2D eigenvalue weighted by Crippen LogP contribution is 2.38. The van der Waals surface area contributed by atoms with Gasteiger partial charge >= 0.3 is 6.18 Å². The van der Waals surface area contributed by atoms with Crippen molar-refractivity contribution in [3.05, 3.63) is 53.4 Å². The lowest BCUT2D eigenvalue weighted by molar-refractivity contribution is -0.263. The summed E-state index contributed by atoms with van der Waals surface area (Å²) < 4.78 is 44.3. The Bertz CT molecular complexity index is 655. The van der Waals surface area contributed by atoms with Gasteiger partial charge in [-0.3, -0.25) is 4.79 Å². The zero-order valence-electron chi connectivity index (χ0n) is 11.5. The molecule has 1 heterocycles. The Hall–Kier alpha value is -2.35. The maximum Gasteiger partial charge on any atom is 0.423 e. The molecule has 0 aliphatic rings. The van der Waals surface area contributed by atoms with Crippen LogP contribution in [0, 0.1) is 6.92 Å². The van der Waals surface area contributed by atoms with Crippen molar-refractivity contribution in [1.82, 2.24) is 10.5 Å². The molecule has 0 fully saturated rings. The van der Waals surface area contributed by atoms with Crippen LogP contribution in [0.1, 0.15) is 21.8 Å². The van der Waals surface area contributed by atoms with Crippen molar-refractivity contribution in [3.8, 4) is 0 Å². The third-order valence-electron chi connectivity index (χ3n) is 3.09. The summed E-state index contributed by atoms with van der Waals surface area (Å²) in [7, 11) is 0. The Morgan fingerprint density at radius 2 is 1.95 bits per heavy atom. The number of amides is 1. The molecule has 2 rings (SSSR count). The monoisotopic (exact) mass is 314 g/mol. The molecule has 5 nitrogen and oxygen atoms in total. The highest BCUT2D eigenvalue weighted by atomic mass is 19.4. The van der Waals surface area contributed by atoms with E-state index in [4.69, 9.17) is 0 Å². The van der Waals surface area contributed by atoms with Crippen molar-refractivity contribution >= 4 is 5.91 Å². The zero-order chi connectivity index (χ0) is 16.4. The lowest BCUT2D eigenvalue weighted by Crippen LogP contribution is -2.51. The van der Waals surface area contributed by atoms with E-state index in [1.54, 1.807) is 6.92 Å². The number of nitrogens with zero attached hydrogens (tertiary/aromatic N) is 1. The van der Waals surface area contributed by atoms with Gasteiger partial charge in [-0.05, 0) is 12.5 Å². The van der Waals surface area contributed by atoms with Crippen molar-refractivity contribution in [1.29, 1.82) is 0 Å². The van der Waals surface area contributed by atoms with Crippen molar-refractivity contribution < 1.29 is 27.6 Å². The summed E-state index contributed by atoms with van der Waals surface area (Å²) in [5.41, 5.74) is -3.71. The summed E-state index contributed by atoms with van der Waals surface area (Å²) in [6.45, 7) is 0.505. The number of carbonyl (C=O) groups excluding carboxylic acids is 1. The van der Waals surface area contributed by atoms with Crippen LogP contribution in [-0.4, -0.2) is 28.9 Å². The van der Waals surface area contributed by atoms with Crippen LogP contribution in [0.2, 0.25) is 0 Å². The molecule has 118 valence electrons. The average molecular weight is 314 g/mol. The summed E-state index contributed by atoms with van der Waals surface area (Å²) in [5, 5.41) is 15.5. The van der Waals surface area contributed by atoms with Crippen LogP contribution in [-0.2, 0) is 5.60 Å². The highest BCUT2D eigenvalue weighted by Gasteiger charge is 2.55. The first-order chi connectivity index (χ1) is 10.2. The fraction of sp³-hybridized carbons (Fsp3) is 0.286. The second kappa shape index (κ2) is 5.80. The number of alkyl halides is 3. The van der Waals surface area contributed by atoms with Gasteiger partial charge in [-0.25, -0.2) is 0 Å². The van der Waals surface area contributed by atoms with Gasteiger partial charge in [0.05, 0.1) is 6.54 Å². The molecule has 1 atom stereocenters. The maximum atomic E-state index is 13.2.